The van der Waals surface area contributed by atoms with Gasteiger partial charge in [-0.25, -0.2) is 0 Å². The lowest BCUT2D eigenvalue weighted by Crippen LogP contribution is -2.20. The van der Waals surface area contributed by atoms with Crippen LogP contribution in [-0.4, -0.2) is 25.0 Å². The number of hydrogen-bond acceptors (Lipinski definition) is 3. The van der Waals surface area contributed by atoms with Gasteiger partial charge in [0.1, 0.15) is 11.9 Å². The highest BCUT2D eigenvalue weighted by Crippen LogP contribution is 2.34. The first-order valence-electron chi connectivity index (χ1n) is 7.34. The summed E-state index contributed by atoms with van der Waals surface area (Å²) in [6.45, 7) is 4.21. The molecule has 2 aromatic rings. The zero-order valence-electron chi connectivity index (χ0n) is 12.4. The van der Waals surface area contributed by atoms with E-state index in [1.807, 2.05) is 12.1 Å². The van der Waals surface area contributed by atoms with Gasteiger partial charge < -0.3 is 9.64 Å². The van der Waals surface area contributed by atoms with Crippen LogP contribution in [0.25, 0.3) is 0 Å². The second-order valence-electron chi connectivity index (χ2n) is 5.58. The summed E-state index contributed by atoms with van der Waals surface area (Å²) in [5.41, 5.74) is 2.55. The average molecular weight is 322 g/mol. The van der Waals surface area contributed by atoms with Crippen LogP contribution in [0.3, 0.4) is 0 Å². The summed E-state index contributed by atoms with van der Waals surface area (Å²) in [6.07, 6.45) is 2.07. The van der Waals surface area contributed by atoms with Crippen molar-refractivity contribution in [2.24, 2.45) is 0 Å². The number of thiophene rings is 1. The molecule has 1 aliphatic rings. The number of ether oxygens (including phenoxy) is 1. The zero-order valence-corrected chi connectivity index (χ0v) is 14.0. The smallest absolute Gasteiger partial charge is 0.130 e. The fourth-order valence-electron chi connectivity index (χ4n) is 2.79. The topological polar surface area (TPSA) is 12.5 Å². The van der Waals surface area contributed by atoms with Crippen LogP contribution in [0.5, 0.6) is 5.75 Å². The third-order valence-corrected chi connectivity index (χ3v) is 5.45. The lowest BCUT2D eigenvalue weighted by Gasteiger charge is -2.19. The van der Waals surface area contributed by atoms with Crippen LogP contribution in [0.4, 0.5) is 0 Å². The van der Waals surface area contributed by atoms with E-state index < -0.39 is 0 Å². The molecule has 21 heavy (non-hydrogen) atoms. The maximum absolute atomic E-state index is 6.40. The quantitative estimate of drug-likeness (QED) is 0.821. The fraction of sp³-hybridized carbons (Fsp3) is 0.412. The van der Waals surface area contributed by atoms with Gasteiger partial charge in [0.05, 0.1) is 0 Å². The first kappa shape index (κ1) is 14.9. The van der Waals surface area contributed by atoms with Gasteiger partial charge in [-0.3, -0.25) is 0 Å². The lowest BCUT2D eigenvalue weighted by molar-refractivity contribution is 0.228. The Morgan fingerprint density at radius 1 is 1.19 bits per heavy atom. The van der Waals surface area contributed by atoms with E-state index in [-0.39, 0.29) is 6.10 Å². The van der Waals surface area contributed by atoms with Crippen molar-refractivity contribution in [1.29, 1.82) is 0 Å². The molecule has 2 nitrogen and oxygen atoms in total. The van der Waals surface area contributed by atoms with Gasteiger partial charge in [0.15, 0.2) is 0 Å². The van der Waals surface area contributed by atoms with Crippen LogP contribution in [0.1, 0.15) is 29.0 Å². The number of benzene rings is 1. The first-order chi connectivity index (χ1) is 10.1. The van der Waals surface area contributed by atoms with E-state index in [1.165, 1.54) is 16.0 Å². The molecule has 1 aliphatic heterocycles. The summed E-state index contributed by atoms with van der Waals surface area (Å²) in [5.74, 6) is 0.991. The highest BCUT2D eigenvalue weighted by Gasteiger charge is 2.19. The predicted octanol–water partition coefficient (Wildman–Crippen LogP) is 4.57. The molecule has 1 aromatic carbocycles. The minimum atomic E-state index is 0.0799. The van der Waals surface area contributed by atoms with Gasteiger partial charge in [0.25, 0.3) is 0 Å². The van der Waals surface area contributed by atoms with Crippen LogP contribution in [0.15, 0.2) is 29.6 Å². The summed E-state index contributed by atoms with van der Waals surface area (Å²) < 4.78 is 6.24. The molecule has 0 N–H and O–H groups in total. The van der Waals surface area contributed by atoms with Crippen LogP contribution >= 0.6 is 22.9 Å². The monoisotopic (exact) mass is 321 g/mol. The third-order valence-electron chi connectivity index (χ3n) is 4.07. The van der Waals surface area contributed by atoms with Gasteiger partial charge in [-0.1, -0.05) is 17.7 Å². The summed E-state index contributed by atoms with van der Waals surface area (Å²) >= 11 is 8.13. The van der Waals surface area contributed by atoms with E-state index in [0.29, 0.717) is 0 Å². The highest BCUT2D eigenvalue weighted by molar-refractivity contribution is 7.10. The molecule has 1 unspecified atom stereocenters. The number of likely N-dealkylation sites (N-methyl/N-ethyl adjacent to an activating group) is 1. The van der Waals surface area contributed by atoms with Crippen molar-refractivity contribution in [2.75, 3.05) is 20.1 Å². The van der Waals surface area contributed by atoms with Crippen molar-refractivity contribution in [3.05, 3.63) is 50.7 Å². The summed E-state index contributed by atoms with van der Waals surface area (Å²) in [4.78, 5) is 3.60. The van der Waals surface area contributed by atoms with Crippen LogP contribution in [0.2, 0.25) is 5.02 Å². The number of halogens is 1. The van der Waals surface area contributed by atoms with E-state index >= 15 is 0 Å². The van der Waals surface area contributed by atoms with Crippen LogP contribution in [-0.2, 0) is 12.8 Å². The van der Waals surface area contributed by atoms with Gasteiger partial charge in [-0.15, -0.1) is 11.3 Å². The minimum absolute atomic E-state index is 0.0799. The molecular weight excluding hydrogens is 302 g/mol. The van der Waals surface area contributed by atoms with Crippen LogP contribution < -0.4 is 4.74 Å². The zero-order chi connectivity index (χ0) is 14.8. The Morgan fingerprint density at radius 3 is 2.67 bits per heavy atom. The Morgan fingerprint density at radius 2 is 1.95 bits per heavy atom. The van der Waals surface area contributed by atoms with E-state index in [2.05, 4.69) is 36.4 Å². The Kier molecular flexibility index (Phi) is 4.53. The van der Waals surface area contributed by atoms with E-state index in [0.717, 1.165) is 36.7 Å². The van der Waals surface area contributed by atoms with Crippen molar-refractivity contribution in [2.45, 2.75) is 25.9 Å². The lowest BCUT2D eigenvalue weighted by atomic mass is 10.0. The molecule has 3 rings (SSSR count). The van der Waals surface area contributed by atoms with Crippen LogP contribution in [0, 0.1) is 0 Å². The van der Waals surface area contributed by atoms with Crippen molar-refractivity contribution in [3.8, 4) is 5.75 Å². The second-order valence-corrected chi connectivity index (χ2v) is 6.97. The Balaban J connectivity index is 1.89. The van der Waals surface area contributed by atoms with Crippen molar-refractivity contribution in [1.82, 2.24) is 4.90 Å². The molecule has 0 saturated carbocycles. The molecule has 0 spiro atoms. The molecular formula is C17H20ClNOS. The molecule has 1 aromatic heterocycles. The SMILES string of the molecule is CC(Oc1ccc(Cl)c2c1CCN(C)CC2)c1cccs1. The molecule has 2 heterocycles. The molecule has 112 valence electrons. The molecule has 0 aliphatic carbocycles. The molecule has 1 atom stereocenters. The maximum Gasteiger partial charge on any atom is 0.130 e. The summed E-state index contributed by atoms with van der Waals surface area (Å²) in [5, 5.41) is 2.96. The average Bonchev–Trinajstić information content (AvgIpc) is 2.93. The number of nitrogens with zero attached hydrogens (tertiary/aromatic N) is 1. The van der Waals surface area contributed by atoms with Crippen molar-refractivity contribution >= 4 is 22.9 Å². The molecule has 0 radical (unpaired) electrons. The molecule has 0 bridgehead atoms. The second kappa shape index (κ2) is 6.39. The summed E-state index contributed by atoms with van der Waals surface area (Å²) in [6, 6.07) is 8.19. The van der Waals surface area contributed by atoms with Gasteiger partial charge in [0.2, 0.25) is 0 Å². The largest absolute Gasteiger partial charge is 0.485 e. The maximum atomic E-state index is 6.40. The predicted molar refractivity (Wildman–Crippen MR) is 89.7 cm³/mol. The van der Waals surface area contributed by atoms with Gasteiger partial charge in [-0.05, 0) is 56.0 Å². The Labute approximate surface area is 135 Å². The first-order valence-corrected chi connectivity index (χ1v) is 8.60. The van der Waals surface area contributed by atoms with E-state index in [9.17, 15) is 0 Å². The molecule has 0 saturated heterocycles. The molecule has 4 heteroatoms. The van der Waals surface area contributed by atoms with E-state index in [1.54, 1.807) is 11.3 Å². The third kappa shape index (κ3) is 3.25. The number of fused-ring (bicyclic) bond motifs is 1. The summed E-state index contributed by atoms with van der Waals surface area (Å²) in [7, 11) is 2.16. The van der Waals surface area contributed by atoms with Gasteiger partial charge >= 0.3 is 0 Å². The van der Waals surface area contributed by atoms with Gasteiger partial charge in [-0.2, -0.15) is 0 Å². The standard InChI is InChI=1S/C17H20ClNOS/c1-12(17-4-3-11-21-17)20-16-6-5-15(18)13-7-9-19(2)10-8-14(13)16/h3-6,11-12H,7-10H2,1-2H3. The van der Waals surface area contributed by atoms with Gasteiger partial charge in [0, 0.05) is 28.6 Å². The minimum Gasteiger partial charge on any atom is -0.485 e. The number of rotatable bonds is 3. The van der Waals surface area contributed by atoms with Crippen molar-refractivity contribution in [3.63, 3.8) is 0 Å². The number of hydrogen-bond donors (Lipinski definition) is 0. The fourth-order valence-corrected chi connectivity index (χ4v) is 3.77. The van der Waals surface area contributed by atoms with E-state index in [4.69, 9.17) is 16.3 Å². The molecule has 0 amide bonds. The Hall–Kier alpha value is -1.03. The normalized spacial score (nSPS) is 17.1. The van der Waals surface area contributed by atoms with Crippen molar-refractivity contribution < 1.29 is 4.74 Å². The highest BCUT2D eigenvalue weighted by atomic mass is 35.5. The Bertz CT molecular complexity index is 612. The molecule has 0 fully saturated rings.